The maximum atomic E-state index is 11.7. The van der Waals surface area contributed by atoms with Gasteiger partial charge in [-0.3, -0.25) is 4.79 Å². The predicted octanol–water partition coefficient (Wildman–Crippen LogP) is 2.41. The molecule has 0 atom stereocenters. The van der Waals surface area contributed by atoms with E-state index < -0.39 is 0 Å². The van der Waals surface area contributed by atoms with Crippen molar-refractivity contribution in [2.45, 2.75) is 39.5 Å². The molecule has 0 saturated carbocycles. The summed E-state index contributed by atoms with van der Waals surface area (Å²) in [6, 6.07) is 9.38. The molecule has 4 heteroatoms. The Bertz CT molecular complexity index is 487. The van der Waals surface area contributed by atoms with E-state index in [1.54, 1.807) is 12.1 Å². The number of nitrogens with one attached hydrogen (secondary N) is 1. The molecule has 0 unspecified atom stereocenters. The van der Waals surface area contributed by atoms with Gasteiger partial charge in [-0.05, 0) is 42.4 Å². The van der Waals surface area contributed by atoms with Crippen LogP contribution in [0, 0.1) is 16.7 Å². The SMILES string of the molecule is CC(C)(CO)CCCNC(=O)CCc1ccc(C#N)cc1. The summed E-state index contributed by atoms with van der Waals surface area (Å²) in [5, 5.41) is 20.8. The van der Waals surface area contributed by atoms with Gasteiger partial charge in [0.15, 0.2) is 0 Å². The molecule has 0 radical (unpaired) electrons. The monoisotopic (exact) mass is 288 g/mol. The first-order chi connectivity index (χ1) is 9.96. The molecule has 0 aromatic heterocycles. The second-order valence-electron chi connectivity index (χ2n) is 6.08. The molecule has 0 aliphatic heterocycles. The van der Waals surface area contributed by atoms with E-state index in [2.05, 4.69) is 11.4 Å². The third-order valence-electron chi connectivity index (χ3n) is 3.50. The number of amides is 1. The van der Waals surface area contributed by atoms with Crippen molar-refractivity contribution in [2.75, 3.05) is 13.2 Å². The lowest BCUT2D eigenvalue weighted by Gasteiger charge is -2.21. The van der Waals surface area contributed by atoms with Crippen LogP contribution in [0.4, 0.5) is 0 Å². The van der Waals surface area contributed by atoms with E-state index in [-0.39, 0.29) is 17.9 Å². The Balaban J connectivity index is 2.20. The molecule has 1 aromatic carbocycles. The van der Waals surface area contributed by atoms with Crippen LogP contribution in [0.3, 0.4) is 0 Å². The van der Waals surface area contributed by atoms with E-state index in [1.807, 2.05) is 26.0 Å². The molecular formula is C17H24N2O2. The first kappa shape index (κ1) is 17.2. The van der Waals surface area contributed by atoms with Crippen LogP contribution in [0.1, 0.15) is 44.2 Å². The highest BCUT2D eigenvalue weighted by Crippen LogP contribution is 2.20. The number of carbonyl (C=O) groups excluding carboxylic acids is 1. The number of carbonyl (C=O) groups is 1. The van der Waals surface area contributed by atoms with E-state index in [0.717, 1.165) is 18.4 Å². The number of hydrogen-bond acceptors (Lipinski definition) is 3. The molecule has 2 N–H and O–H groups in total. The smallest absolute Gasteiger partial charge is 0.220 e. The van der Waals surface area contributed by atoms with Crippen molar-refractivity contribution in [3.8, 4) is 6.07 Å². The summed E-state index contributed by atoms with van der Waals surface area (Å²) in [7, 11) is 0. The summed E-state index contributed by atoms with van der Waals surface area (Å²) in [6.45, 7) is 4.84. The van der Waals surface area contributed by atoms with Crippen molar-refractivity contribution in [1.82, 2.24) is 5.32 Å². The molecular weight excluding hydrogens is 264 g/mol. The highest BCUT2D eigenvalue weighted by atomic mass is 16.3. The number of nitrogens with zero attached hydrogens (tertiary/aromatic N) is 1. The molecule has 0 aliphatic carbocycles. The molecule has 4 nitrogen and oxygen atoms in total. The summed E-state index contributed by atoms with van der Waals surface area (Å²) in [5.74, 6) is 0.0427. The molecule has 21 heavy (non-hydrogen) atoms. The fourth-order valence-electron chi connectivity index (χ4n) is 1.97. The van der Waals surface area contributed by atoms with Crippen molar-refractivity contribution >= 4 is 5.91 Å². The Hall–Kier alpha value is -1.86. The summed E-state index contributed by atoms with van der Waals surface area (Å²) in [6.07, 6.45) is 2.89. The van der Waals surface area contributed by atoms with Gasteiger partial charge in [-0.25, -0.2) is 0 Å². The molecule has 0 heterocycles. The van der Waals surface area contributed by atoms with Crippen molar-refractivity contribution in [1.29, 1.82) is 5.26 Å². The Kier molecular flexibility index (Phi) is 6.90. The van der Waals surface area contributed by atoms with E-state index in [9.17, 15) is 4.79 Å². The fourth-order valence-corrected chi connectivity index (χ4v) is 1.97. The Morgan fingerprint density at radius 3 is 2.57 bits per heavy atom. The number of benzene rings is 1. The molecule has 114 valence electrons. The van der Waals surface area contributed by atoms with Gasteiger partial charge in [-0.1, -0.05) is 26.0 Å². The zero-order valence-electron chi connectivity index (χ0n) is 12.9. The lowest BCUT2D eigenvalue weighted by Crippen LogP contribution is -2.26. The van der Waals surface area contributed by atoms with Gasteiger partial charge in [0, 0.05) is 19.6 Å². The van der Waals surface area contributed by atoms with Gasteiger partial charge in [0.05, 0.1) is 11.6 Å². The van der Waals surface area contributed by atoms with Crippen LogP contribution in [0.2, 0.25) is 0 Å². The number of hydrogen-bond donors (Lipinski definition) is 2. The largest absolute Gasteiger partial charge is 0.396 e. The molecule has 1 aromatic rings. The quantitative estimate of drug-likeness (QED) is 0.721. The van der Waals surface area contributed by atoms with Crippen molar-refractivity contribution in [2.24, 2.45) is 5.41 Å². The number of aliphatic hydroxyl groups excluding tert-OH is 1. The minimum Gasteiger partial charge on any atom is -0.396 e. The summed E-state index contributed by atoms with van der Waals surface area (Å²) in [4.78, 5) is 11.7. The van der Waals surface area contributed by atoms with Crippen LogP contribution in [-0.2, 0) is 11.2 Å². The molecule has 0 saturated heterocycles. The van der Waals surface area contributed by atoms with Crippen LogP contribution in [0.25, 0.3) is 0 Å². The average molecular weight is 288 g/mol. The Morgan fingerprint density at radius 1 is 1.33 bits per heavy atom. The van der Waals surface area contributed by atoms with Crippen LogP contribution in [0.15, 0.2) is 24.3 Å². The lowest BCUT2D eigenvalue weighted by atomic mass is 9.89. The molecule has 1 amide bonds. The normalized spacial score (nSPS) is 11.0. The summed E-state index contributed by atoms with van der Waals surface area (Å²) >= 11 is 0. The zero-order chi connectivity index (χ0) is 15.7. The van der Waals surface area contributed by atoms with E-state index in [0.29, 0.717) is 24.9 Å². The number of rotatable bonds is 8. The third-order valence-corrected chi connectivity index (χ3v) is 3.50. The van der Waals surface area contributed by atoms with Crippen LogP contribution in [0.5, 0.6) is 0 Å². The minimum absolute atomic E-state index is 0.0427. The highest BCUT2D eigenvalue weighted by molar-refractivity contribution is 5.76. The molecule has 0 fully saturated rings. The summed E-state index contributed by atoms with van der Waals surface area (Å²) < 4.78 is 0. The second-order valence-corrected chi connectivity index (χ2v) is 6.08. The van der Waals surface area contributed by atoms with Gasteiger partial charge < -0.3 is 10.4 Å². The van der Waals surface area contributed by atoms with Gasteiger partial charge in [0.1, 0.15) is 0 Å². The van der Waals surface area contributed by atoms with Crippen LogP contribution < -0.4 is 5.32 Å². The van der Waals surface area contributed by atoms with Gasteiger partial charge in [0.25, 0.3) is 0 Å². The maximum Gasteiger partial charge on any atom is 0.220 e. The van der Waals surface area contributed by atoms with Crippen LogP contribution >= 0.6 is 0 Å². The Morgan fingerprint density at radius 2 is 2.00 bits per heavy atom. The predicted molar refractivity (Wildman–Crippen MR) is 82.6 cm³/mol. The first-order valence-corrected chi connectivity index (χ1v) is 7.33. The average Bonchev–Trinajstić information content (AvgIpc) is 2.50. The number of aliphatic hydroxyl groups is 1. The minimum atomic E-state index is -0.0762. The van der Waals surface area contributed by atoms with Crippen molar-refractivity contribution in [3.05, 3.63) is 35.4 Å². The van der Waals surface area contributed by atoms with Gasteiger partial charge in [-0.15, -0.1) is 0 Å². The molecule has 1 rings (SSSR count). The number of aryl methyl sites for hydroxylation is 1. The third kappa shape index (κ3) is 6.92. The van der Waals surface area contributed by atoms with Gasteiger partial charge in [0.2, 0.25) is 5.91 Å². The first-order valence-electron chi connectivity index (χ1n) is 7.33. The number of nitriles is 1. The lowest BCUT2D eigenvalue weighted by molar-refractivity contribution is -0.121. The Labute approximate surface area is 126 Å². The molecule has 0 spiro atoms. The van der Waals surface area contributed by atoms with Gasteiger partial charge in [-0.2, -0.15) is 5.26 Å². The van der Waals surface area contributed by atoms with E-state index in [1.165, 1.54) is 0 Å². The van der Waals surface area contributed by atoms with Gasteiger partial charge >= 0.3 is 0 Å². The van der Waals surface area contributed by atoms with Crippen molar-refractivity contribution < 1.29 is 9.90 Å². The topological polar surface area (TPSA) is 73.1 Å². The maximum absolute atomic E-state index is 11.7. The second kappa shape index (κ2) is 8.43. The summed E-state index contributed by atoms with van der Waals surface area (Å²) in [5.41, 5.74) is 1.62. The highest BCUT2D eigenvalue weighted by Gasteiger charge is 2.15. The molecule has 0 bridgehead atoms. The van der Waals surface area contributed by atoms with Crippen LogP contribution in [-0.4, -0.2) is 24.2 Å². The standard InChI is InChI=1S/C17H24N2O2/c1-17(2,13-20)10-3-11-19-16(21)9-8-14-4-6-15(12-18)7-5-14/h4-7,20H,3,8-11,13H2,1-2H3,(H,19,21). The fraction of sp³-hybridized carbons (Fsp3) is 0.529. The molecule has 0 aliphatic rings. The zero-order valence-corrected chi connectivity index (χ0v) is 12.9. The van der Waals surface area contributed by atoms with Crippen molar-refractivity contribution in [3.63, 3.8) is 0 Å². The van der Waals surface area contributed by atoms with E-state index >= 15 is 0 Å². The van der Waals surface area contributed by atoms with E-state index in [4.69, 9.17) is 10.4 Å².